The van der Waals surface area contributed by atoms with Gasteiger partial charge in [-0.15, -0.1) is 5.10 Å². The van der Waals surface area contributed by atoms with Crippen molar-refractivity contribution in [3.63, 3.8) is 0 Å². The summed E-state index contributed by atoms with van der Waals surface area (Å²) in [6, 6.07) is 10.8. The van der Waals surface area contributed by atoms with Gasteiger partial charge in [0.05, 0.1) is 22.7 Å². The van der Waals surface area contributed by atoms with Crippen LogP contribution in [0.3, 0.4) is 0 Å². The summed E-state index contributed by atoms with van der Waals surface area (Å²) < 4.78 is 6.56. The highest BCUT2D eigenvalue weighted by Crippen LogP contribution is 2.31. The van der Waals surface area contributed by atoms with E-state index in [1.165, 1.54) is 10.9 Å². The van der Waals surface area contributed by atoms with Gasteiger partial charge in [0.15, 0.2) is 11.6 Å². The van der Waals surface area contributed by atoms with Crippen molar-refractivity contribution in [1.29, 1.82) is 5.26 Å². The first kappa shape index (κ1) is 22.6. The summed E-state index contributed by atoms with van der Waals surface area (Å²) in [5.74, 6) is -0.562. The van der Waals surface area contributed by atoms with E-state index in [9.17, 15) is 14.4 Å². The van der Waals surface area contributed by atoms with E-state index < -0.39 is 29.6 Å². The van der Waals surface area contributed by atoms with E-state index in [0.717, 1.165) is 4.90 Å². The minimum atomic E-state index is -0.855. The fourth-order valence-corrected chi connectivity index (χ4v) is 3.46. The Kier molecular flexibility index (Phi) is 5.58. The maximum absolute atomic E-state index is 13.0. The molecule has 1 N–H and O–H groups in total. The summed E-state index contributed by atoms with van der Waals surface area (Å²) in [5, 5.41) is 15.8. The standard InChI is InChI=1S/C23H21N7O4/c1-13(29-19(31)15-7-5-6-8-16(15)20(29)32)18-26-21(27-22(33)34-23(2,3)4)28-30(18)17-10-9-14(11-24)12-25-17/h5-10,12-13H,1-4H3,(H,27,28,33). The number of carbonyl (C=O) groups is 3. The van der Waals surface area contributed by atoms with Crippen molar-refractivity contribution in [2.75, 3.05) is 5.32 Å². The van der Waals surface area contributed by atoms with Crippen molar-refractivity contribution in [1.82, 2.24) is 24.6 Å². The molecule has 3 amide bonds. The molecule has 1 aromatic carbocycles. The first-order chi connectivity index (χ1) is 16.1. The van der Waals surface area contributed by atoms with Gasteiger partial charge in [0.1, 0.15) is 11.7 Å². The molecule has 0 spiro atoms. The second-order valence-corrected chi connectivity index (χ2v) is 8.55. The van der Waals surface area contributed by atoms with Gasteiger partial charge in [0.2, 0.25) is 0 Å². The Morgan fingerprint density at radius 3 is 2.29 bits per heavy atom. The van der Waals surface area contributed by atoms with E-state index in [-0.39, 0.29) is 17.6 Å². The number of nitriles is 1. The zero-order valence-electron chi connectivity index (χ0n) is 18.9. The van der Waals surface area contributed by atoms with E-state index in [1.807, 2.05) is 6.07 Å². The number of nitrogens with zero attached hydrogens (tertiary/aromatic N) is 6. The molecule has 1 aliphatic heterocycles. The average Bonchev–Trinajstić information content (AvgIpc) is 3.31. The number of pyridine rings is 1. The quantitative estimate of drug-likeness (QED) is 0.586. The van der Waals surface area contributed by atoms with Crippen LogP contribution in [0.2, 0.25) is 0 Å². The minimum Gasteiger partial charge on any atom is -0.444 e. The zero-order valence-corrected chi connectivity index (χ0v) is 18.9. The molecule has 0 saturated heterocycles. The number of rotatable bonds is 4. The topological polar surface area (TPSA) is 143 Å². The van der Waals surface area contributed by atoms with Crippen molar-refractivity contribution in [2.24, 2.45) is 0 Å². The summed E-state index contributed by atoms with van der Waals surface area (Å²) in [6.45, 7) is 6.78. The zero-order chi connectivity index (χ0) is 24.6. The first-order valence-electron chi connectivity index (χ1n) is 10.4. The van der Waals surface area contributed by atoms with Crippen molar-refractivity contribution in [3.05, 3.63) is 65.1 Å². The Labute approximate surface area is 195 Å². The van der Waals surface area contributed by atoms with Crippen LogP contribution in [0.1, 0.15) is 65.8 Å². The lowest BCUT2D eigenvalue weighted by molar-refractivity contribution is 0.0582. The molecule has 3 heterocycles. The highest BCUT2D eigenvalue weighted by Gasteiger charge is 2.40. The highest BCUT2D eigenvalue weighted by atomic mass is 16.6. The molecule has 11 heteroatoms. The van der Waals surface area contributed by atoms with Gasteiger partial charge in [-0.25, -0.2) is 9.78 Å². The fourth-order valence-electron chi connectivity index (χ4n) is 3.46. The predicted molar refractivity (Wildman–Crippen MR) is 119 cm³/mol. The van der Waals surface area contributed by atoms with Crippen molar-refractivity contribution >= 4 is 23.9 Å². The lowest BCUT2D eigenvalue weighted by Gasteiger charge is -2.21. The molecule has 34 heavy (non-hydrogen) atoms. The molecule has 0 radical (unpaired) electrons. The Bertz CT molecular complexity index is 1300. The molecule has 3 aromatic rings. The third-order valence-electron chi connectivity index (χ3n) is 4.93. The van der Waals surface area contributed by atoms with Crippen LogP contribution < -0.4 is 5.32 Å². The number of hydrogen-bond acceptors (Lipinski definition) is 8. The number of carbonyl (C=O) groups excluding carboxylic acids is 3. The van der Waals surface area contributed by atoms with E-state index in [4.69, 9.17) is 10.00 Å². The molecule has 0 saturated carbocycles. The molecule has 172 valence electrons. The lowest BCUT2D eigenvalue weighted by Crippen LogP contribution is -2.34. The SMILES string of the molecule is CC(c1nc(NC(=O)OC(C)(C)C)nn1-c1ccc(C#N)cn1)N1C(=O)c2ccccc2C1=O. The van der Waals surface area contributed by atoms with E-state index in [1.54, 1.807) is 64.1 Å². The number of ether oxygens (including phenoxy) is 1. The van der Waals surface area contributed by atoms with Crippen LogP contribution in [0.15, 0.2) is 42.6 Å². The number of benzene rings is 1. The largest absolute Gasteiger partial charge is 0.444 e. The van der Waals surface area contributed by atoms with Gasteiger partial charge in [-0.1, -0.05) is 12.1 Å². The molecule has 0 bridgehead atoms. The molecule has 1 aliphatic rings. The summed E-state index contributed by atoms with van der Waals surface area (Å²) in [5.41, 5.74) is 0.200. The van der Waals surface area contributed by atoms with Crippen LogP contribution in [-0.2, 0) is 4.74 Å². The minimum absolute atomic E-state index is 0.0983. The Balaban J connectivity index is 1.73. The maximum atomic E-state index is 13.0. The molecule has 1 atom stereocenters. The van der Waals surface area contributed by atoms with Gasteiger partial charge >= 0.3 is 6.09 Å². The van der Waals surface area contributed by atoms with Crippen LogP contribution in [-0.4, -0.2) is 48.2 Å². The number of nitrogens with one attached hydrogen (secondary N) is 1. The molecule has 11 nitrogen and oxygen atoms in total. The van der Waals surface area contributed by atoms with E-state index >= 15 is 0 Å². The summed E-state index contributed by atoms with van der Waals surface area (Å²) in [7, 11) is 0. The Hall–Kier alpha value is -4.59. The van der Waals surface area contributed by atoms with Crippen molar-refractivity contribution in [2.45, 2.75) is 39.3 Å². The lowest BCUT2D eigenvalue weighted by atomic mass is 10.1. The van der Waals surface area contributed by atoms with Gasteiger partial charge in [0, 0.05) is 6.20 Å². The fraction of sp³-hybridized carbons (Fsp3) is 0.261. The molecule has 4 rings (SSSR count). The Morgan fingerprint density at radius 2 is 1.76 bits per heavy atom. The summed E-state index contributed by atoms with van der Waals surface area (Å²) in [6.07, 6.45) is 0.589. The molecule has 1 unspecified atom stereocenters. The van der Waals surface area contributed by atoms with E-state index in [0.29, 0.717) is 16.7 Å². The van der Waals surface area contributed by atoms with Crippen LogP contribution in [0, 0.1) is 11.3 Å². The van der Waals surface area contributed by atoms with Gasteiger partial charge in [0.25, 0.3) is 17.8 Å². The smallest absolute Gasteiger partial charge is 0.414 e. The monoisotopic (exact) mass is 459 g/mol. The van der Waals surface area contributed by atoms with Crippen molar-refractivity contribution in [3.8, 4) is 11.9 Å². The van der Waals surface area contributed by atoms with Crippen LogP contribution in [0.25, 0.3) is 5.82 Å². The number of imide groups is 1. The van der Waals surface area contributed by atoms with E-state index in [2.05, 4.69) is 20.4 Å². The number of hydrogen-bond donors (Lipinski definition) is 1. The number of aromatic nitrogens is 4. The number of fused-ring (bicyclic) bond motifs is 1. The predicted octanol–water partition coefficient (Wildman–Crippen LogP) is 3.24. The second-order valence-electron chi connectivity index (χ2n) is 8.55. The normalized spacial score (nSPS) is 13.9. The van der Waals surface area contributed by atoms with Gasteiger partial charge in [-0.05, 0) is 52.0 Å². The van der Waals surface area contributed by atoms with Crippen molar-refractivity contribution < 1.29 is 19.1 Å². The third kappa shape index (κ3) is 4.21. The first-order valence-corrected chi connectivity index (χ1v) is 10.4. The third-order valence-corrected chi connectivity index (χ3v) is 4.93. The Morgan fingerprint density at radius 1 is 1.12 bits per heavy atom. The summed E-state index contributed by atoms with van der Waals surface area (Å²) >= 11 is 0. The summed E-state index contributed by atoms with van der Waals surface area (Å²) in [4.78, 5) is 47.9. The number of amides is 3. The number of anilines is 1. The second kappa shape index (κ2) is 8.40. The van der Waals surface area contributed by atoms with Crippen LogP contribution in [0.5, 0.6) is 0 Å². The molecule has 0 fully saturated rings. The molecular weight excluding hydrogens is 438 g/mol. The van der Waals surface area contributed by atoms with Gasteiger partial charge in [-0.3, -0.25) is 19.8 Å². The molecular formula is C23H21N7O4. The molecule has 2 aromatic heterocycles. The van der Waals surface area contributed by atoms with Gasteiger partial charge in [-0.2, -0.15) is 14.9 Å². The highest BCUT2D eigenvalue weighted by molar-refractivity contribution is 6.21. The molecule has 0 aliphatic carbocycles. The average molecular weight is 459 g/mol. The maximum Gasteiger partial charge on any atom is 0.414 e. The van der Waals surface area contributed by atoms with Crippen LogP contribution >= 0.6 is 0 Å². The van der Waals surface area contributed by atoms with Gasteiger partial charge < -0.3 is 4.74 Å². The van der Waals surface area contributed by atoms with Crippen LogP contribution in [0.4, 0.5) is 10.7 Å².